The predicted octanol–water partition coefficient (Wildman–Crippen LogP) is 3.16. The highest BCUT2D eigenvalue weighted by Gasteiger charge is 2.33. The minimum absolute atomic E-state index is 0.171. The number of hydrogen-bond acceptors (Lipinski definition) is 7. The predicted molar refractivity (Wildman–Crippen MR) is 113 cm³/mol. The molecule has 1 N–H and O–H groups in total. The summed E-state index contributed by atoms with van der Waals surface area (Å²) in [6, 6.07) is 9.93. The van der Waals surface area contributed by atoms with Crippen molar-refractivity contribution in [2.45, 2.75) is 0 Å². The molecule has 0 unspecified atom stereocenters. The topological polar surface area (TPSA) is 116 Å². The lowest BCUT2D eigenvalue weighted by molar-refractivity contribution is -0.385. The number of nitrogens with one attached hydrogen (secondary N) is 1. The molecule has 0 aliphatic carbocycles. The number of amides is 2. The van der Waals surface area contributed by atoms with Gasteiger partial charge in [0.15, 0.2) is 0 Å². The Morgan fingerprint density at radius 2 is 2.03 bits per heavy atom. The molecule has 2 aromatic rings. The van der Waals surface area contributed by atoms with Gasteiger partial charge < -0.3 is 10.4 Å². The van der Waals surface area contributed by atoms with Crippen molar-refractivity contribution < 1.29 is 19.6 Å². The van der Waals surface area contributed by atoms with Crippen LogP contribution >= 0.6 is 35.6 Å². The smallest absolute Gasteiger partial charge is 0.271 e. The third-order valence-electron chi connectivity index (χ3n) is 3.82. The Kier molecular flexibility index (Phi) is 6.16. The van der Waals surface area contributed by atoms with Gasteiger partial charge in [0.1, 0.15) is 10.9 Å². The number of rotatable bonds is 5. The van der Waals surface area contributed by atoms with Crippen LogP contribution in [0.25, 0.3) is 6.08 Å². The summed E-state index contributed by atoms with van der Waals surface area (Å²) in [6.07, 6.45) is 1.58. The highest BCUT2D eigenvalue weighted by atomic mass is 35.5. The van der Waals surface area contributed by atoms with E-state index in [2.05, 4.69) is 5.32 Å². The number of benzene rings is 2. The molecule has 0 atom stereocenters. The molecule has 8 nitrogen and oxygen atoms in total. The van der Waals surface area contributed by atoms with Crippen molar-refractivity contribution in [2.75, 3.05) is 11.9 Å². The summed E-state index contributed by atoms with van der Waals surface area (Å²) < 4.78 is 0.171. The SMILES string of the molecule is O=C(CN1C(=O)/C(=C/c2ccccc2Cl)SC1=S)Nc1cc([N+](=O)[O-])ccc1[O-]. The highest BCUT2D eigenvalue weighted by molar-refractivity contribution is 8.26. The Hall–Kier alpha value is -2.95. The van der Waals surface area contributed by atoms with Crippen LogP contribution in [0.4, 0.5) is 11.4 Å². The van der Waals surface area contributed by atoms with Gasteiger partial charge >= 0.3 is 0 Å². The summed E-state index contributed by atoms with van der Waals surface area (Å²) >= 11 is 12.3. The summed E-state index contributed by atoms with van der Waals surface area (Å²) in [5.41, 5.74) is 0.0427. The van der Waals surface area contributed by atoms with E-state index in [9.17, 15) is 24.8 Å². The molecule has 11 heteroatoms. The standard InChI is InChI=1S/C18H12ClN3O5S2/c19-12-4-2-1-3-10(12)7-15-17(25)21(18(28)29-15)9-16(24)20-13-8-11(22(26)27)5-6-14(13)23/h1-8,23H,9H2,(H,20,24)/p-1/b15-7-. The molecule has 0 aromatic heterocycles. The Labute approximate surface area is 179 Å². The summed E-state index contributed by atoms with van der Waals surface area (Å²) in [4.78, 5) is 36.4. The van der Waals surface area contributed by atoms with Crippen LogP contribution in [0.3, 0.4) is 0 Å². The first kappa shape index (κ1) is 20.8. The second-order valence-electron chi connectivity index (χ2n) is 5.78. The van der Waals surface area contributed by atoms with E-state index in [1.807, 2.05) is 0 Å². The molecule has 29 heavy (non-hydrogen) atoms. The van der Waals surface area contributed by atoms with E-state index in [0.29, 0.717) is 15.5 Å². The van der Waals surface area contributed by atoms with Crippen molar-refractivity contribution in [1.82, 2.24) is 4.90 Å². The molecule has 0 saturated carbocycles. The number of anilines is 1. The maximum absolute atomic E-state index is 12.6. The number of thiocarbonyl (C=S) groups is 1. The quantitative estimate of drug-likeness (QED) is 0.323. The van der Waals surface area contributed by atoms with E-state index in [1.54, 1.807) is 30.3 Å². The Morgan fingerprint density at radius 3 is 2.72 bits per heavy atom. The molecular formula is C18H11ClN3O5S2-. The Morgan fingerprint density at radius 1 is 1.31 bits per heavy atom. The lowest BCUT2D eigenvalue weighted by Gasteiger charge is -2.17. The molecule has 1 fully saturated rings. The van der Waals surface area contributed by atoms with Crippen molar-refractivity contribution in [3.05, 3.63) is 68.1 Å². The molecular weight excluding hydrogens is 438 g/mol. The molecule has 1 saturated heterocycles. The average Bonchev–Trinajstić information content (AvgIpc) is 2.92. The van der Waals surface area contributed by atoms with Crippen LogP contribution < -0.4 is 10.4 Å². The van der Waals surface area contributed by atoms with Crippen LogP contribution in [0.2, 0.25) is 5.02 Å². The second kappa shape index (κ2) is 8.60. The number of hydrogen-bond donors (Lipinski definition) is 1. The van der Waals surface area contributed by atoms with Gasteiger partial charge in [0.2, 0.25) is 5.91 Å². The van der Waals surface area contributed by atoms with E-state index in [1.165, 1.54) is 0 Å². The molecule has 2 aromatic carbocycles. The number of thioether (sulfide) groups is 1. The van der Waals surface area contributed by atoms with Crippen LogP contribution in [-0.2, 0) is 9.59 Å². The van der Waals surface area contributed by atoms with Gasteiger partial charge in [-0.3, -0.25) is 24.6 Å². The fraction of sp³-hybridized carbons (Fsp3) is 0.0556. The molecule has 1 aliphatic rings. The normalized spacial score (nSPS) is 15.1. The van der Waals surface area contributed by atoms with Crippen LogP contribution in [0.15, 0.2) is 47.4 Å². The highest BCUT2D eigenvalue weighted by Crippen LogP contribution is 2.34. The van der Waals surface area contributed by atoms with Gasteiger partial charge in [0.05, 0.1) is 9.83 Å². The summed E-state index contributed by atoms with van der Waals surface area (Å²) in [6.45, 7) is -0.438. The van der Waals surface area contributed by atoms with Gasteiger partial charge in [-0.15, -0.1) is 0 Å². The summed E-state index contributed by atoms with van der Waals surface area (Å²) in [5, 5.41) is 25.4. The minimum Gasteiger partial charge on any atom is -0.871 e. The van der Waals surface area contributed by atoms with Crippen LogP contribution in [-0.4, -0.2) is 32.5 Å². The van der Waals surface area contributed by atoms with Crippen LogP contribution in [0.5, 0.6) is 5.75 Å². The monoisotopic (exact) mass is 448 g/mol. The van der Waals surface area contributed by atoms with E-state index in [-0.39, 0.29) is 15.7 Å². The second-order valence-corrected chi connectivity index (χ2v) is 7.86. The summed E-state index contributed by atoms with van der Waals surface area (Å²) in [7, 11) is 0. The molecule has 1 heterocycles. The lowest BCUT2D eigenvalue weighted by atomic mass is 10.2. The minimum atomic E-state index is -0.710. The zero-order valence-electron chi connectivity index (χ0n) is 14.5. The zero-order chi connectivity index (χ0) is 21.1. The molecule has 0 radical (unpaired) electrons. The first-order valence-corrected chi connectivity index (χ1v) is 9.61. The number of carbonyl (C=O) groups excluding carboxylic acids is 2. The fourth-order valence-electron chi connectivity index (χ4n) is 2.43. The van der Waals surface area contributed by atoms with E-state index in [0.717, 1.165) is 34.9 Å². The van der Waals surface area contributed by atoms with Gasteiger partial charge in [-0.25, -0.2) is 0 Å². The largest absolute Gasteiger partial charge is 0.871 e. The van der Waals surface area contributed by atoms with E-state index < -0.39 is 29.0 Å². The maximum atomic E-state index is 12.6. The van der Waals surface area contributed by atoms with Crippen molar-refractivity contribution in [2.24, 2.45) is 0 Å². The third-order valence-corrected chi connectivity index (χ3v) is 5.54. The molecule has 148 valence electrons. The number of nitro benzene ring substituents is 1. The van der Waals surface area contributed by atoms with Gasteiger partial charge in [0, 0.05) is 22.8 Å². The van der Waals surface area contributed by atoms with Crippen LogP contribution in [0, 0.1) is 10.1 Å². The first-order chi connectivity index (χ1) is 13.8. The number of non-ortho nitro benzene ring substituents is 1. The van der Waals surface area contributed by atoms with E-state index >= 15 is 0 Å². The van der Waals surface area contributed by atoms with Gasteiger partial charge in [-0.1, -0.05) is 65.6 Å². The number of halogens is 1. The van der Waals surface area contributed by atoms with Crippen molar-refractivity contribution >= 4 is 69.2 Å². The molecule has 2 amide bonds. The molecule has 1 aliphatic heterocycles. The molecule has 0 bridgehead atoms. The molecule has 3 rings (SSSR count). The zero-order valence-corrected chi connectivity index (χ0v) is 16.8. The maximum Gasteiger partial charge on any atom is 0.271 e. The summed E-state index contributed by atoms with van der Waals surface area (Å²) in [5.74, 6) is -1.78. The van der Waals surface area contributed by atoms with Gasteiger partial charge in [0.25, 0.3) is 11.6 Å². The fourth-order valence-corrected chi connectivity index (χ4v) is 3.87. The van der Waals surface area contributed by atoms with E-state index in [4.69, 9.17) is 23.8 Å². The van der Waals surface area contributed by atoms with Crippen LogP contribution in [0.1, 0.15) is 5.56 Å². The number of carbonyl (C=O) groups is 2. The lowest BCUT2D eigenvalue weighted by Crippen LogP contribution is -2.36. The average molecular weight is 449 g/mol. The van der Waals surface area contributed by atoms with Crippen molar-refractivity contribution in [3.8, 4) is 5.75 Å². The number of nitro groups is 1. The third kappa shape index (κ3) is 4.73. The van der Waals surface area contributed by atoms with Gasteiger partial charge in [-0.2, -0.15) is 0 Å². The van der Waals surface area contributed by atoms with Gasteiger partial charge in [-0.05, 0) is 17.7 Å². The van der Waals surface area contributed by atoms with Crippen molar-refractivity contribution in [1.29, 1.82) is 0 Å². The van der Waals surface area contributed by atoms with Crippen molar-refractivity contribution in [3.63, 3.8) is 0 Å². The molecule has 0 spiro atoms. The first-order valence-electron chi connectivity index (χ1n) is 8.01. The Balaban J connectivity index is 1.74. The number of nitrogens with zero attached hydrogens (tertiary/aromatic N) is 2. The Bertz CT molecular complexity index is 1070.